The van der Waals surface area contributed by atoms with Crippen LogP contribution in [0.1, 0.15) is 188 Å². The molecule has 69 heavy (non-hydrogen) atoms. The Balaban J connectivity index is 4.58. The Morgan fingerprint density at radius 3 is 1.00 bits per heavy atom. The number of carbonyl (C=O) groups excluding carboxylic acids is 3. The Morgan fingerprint density at radius 2 is 0.594 bits per heavy atom. The van der Waals surface area contributed by atoms with E-state index in [9.17, 15) is 14.4 Å². The molecule has 0 radical (unpaired) electrons. The van der Waals surface area contributed by atoms with Gasteiger partial charge in [-0.3, -0.25) is 14.4 Å². The highest BCUT2D eigenvalue weighted by molar-refractivity contribution is 5.71. The van der Waals surface area contributed by atoms with Crippen LogP contribution < -0.4 is 0 Å². The van der Waals surface area contributed by atoms with Gasteiger partial charge in [-0.25, -0.2) is 0 Å². The molecule has 0 bridgehead atoms. The van der Waals surface area contributed by atoms with Crippen LogP contribution in [0.15, 0.2) is 170 Å². The molecule has 0 saturated carbocycles. The van der Waals surface area contributed by atoms with Crippen LogP contribution in [0, 0.1) is 0 Å². The van der Waals surface area contributed by atoms with Crippen LogP contribution in [0.25, 0.3) is 0 Å². The molecule has 0 N–H and O–H groups in total. The quantitative estimate of drug-likeness (QED) is 0.0199. The standard InChI is InChI=1S/C63H94O6/c1-4-7-10-13-16-19-22-25-27-29-31-33-35-38-41-44-47-50-53-56-62(65)68-59-60(58-67-61(64)55-52-49-46-43-40-37-24-21-18-15-12-9-6-3)69-63(66)57-54-51-48-45-42-39-36-34-32-30-28-26-23-20-17-14-11-8-5-2/h7-13,15-22,24-29,31-35,38,41,60H,4-6,14,23,30,36-37,39-40,42-59H2,1-3H3/b10-7-,11-8-,12-9-,16-13-,18-15-,20-17-,22-19-,24-21-,27-25-,28-26-,31-29+,34-32-,35-33-,41-38-. The maximum atomic E-state index is 12.8. The second-order valence-electron chi connectivity index (χ2n) is 16.9. The molecule has 0 aliphatic carbocycles. The summed E-state index contributed by atoms with van der Waals surface area (Å²) in [4.78, 5) is 38.1. The van der Waals surface area contributed by atoms with Gasteiger partial charge in [-0.1, -0.05) is 242 Å². The fourth-order valence-corrected chi connectivity index (χ4v) is 6.53. The van der Waals surface area contributed by atoms with Crippen LogP contribution in [0.3, 0.4) is 0 Å². The van der Waals surface area contributed by atoms with Crippen LogP contribution in [0.4, 0.5) is 0 Å². The van der Waals surface area contributed by atoms with E-state index in [4.69, 9.17) is 14.2 Å². The van der Waals surface area contributed by atoms with Crippen molar-refractivity contribution in [1.29, 1.82) is 0 Å². The van der Waals surface area contributed by atoms with Gasteiger partial charge in [0, 0.05) is 19.3 Å². The number of hydrogen-bond acceptors (Lipinski definition) is 6. The molecule has 0 spiro atoms. The first kappa shape index (κ1) is 63.8. The van der Waals surface area contributed by atoms with Crippen molar-refractivity contribution in [3.05, 3.63) is 170 Å². The number of ether oxygens (including phenoxy) is 3. The molecular weight excluding hydrogens is 853 g/mol. The van der Waals surface area contributed by atoms with Gasteiger partial charge in [0.2, 0.25) is 0 Å². The minimum Gasteiger partial charge on any atom is -0.462 e. The smallest absolute Gasteiger partial charge is 0.306 e. The van der Waals surface area contributed by atoms with Gasteiger partial charge in [-0.2, -0.15) is 0 Å². The highest BCUT2D eigenvalue weighted by Crippen LogP contribution is 2.13. The molecule has 0 saturated heterocycles. The Hall–Kier alpha value is -5.23. The highest BCUT2D eigenvalue weighted by atomic mass is 16.6. The lowest BCUT2D eigenvalue weighted by Gasteiger charge is -2.18. The van der Waals surface area contributed by atoms with E-state index in [1.807, 2.05) is 79.0 Å². The first-order valence-corrected chi connectivity index (χ1v) is 26.8. The minimum atomic E-state index is -0.823. The summed E-state index contributed by atoms with van der Waals surface area (Å²) in [5.74, 6) is -1.01. The maximum Gasteiger partial charge on any atom is 0.306 e. The van der Waals surface area contributed by atoms with Crippen LogP contribution in [-0.2, 0) is 28.6 Å². The van der Waals surface area contributed by atoms with Crippen molar-refractivity contribution in [3.63, 3.8) is 0 Å². The summed E-state index contributed by atoms with van der Waals surface area (Å²) >= 11 is 0. The first-order chi connectivity index (χ1) is 34.0. The number of hydrogen-bond donors (Lipinski definition) is 0. The summed E-state index contributed by atoms with van der Waals surface area (Å²) < 4.78 is 16.8. The molecule has 0 heterocycles. The second kappa shape index (κ2) is 55.4. The Kier molecular flexibility index (Phi) is 51.2. The van der Waals surface area contributed by atoms with Crippen molar-refractivity contribution < 1.29 is 28.6 Å². The molecule has 0 rings (SSSR count). The molecule has 0 amide bonds. The first-order valence-electron chi connectivity index (χ1n) is 26.8. The average Bonchev–Trinajstić information content (AvgIpc) is 3.35. The van der Waals surface area contributed by atoms with E-state index in [0.29, 0.717) is 12.8 Å². The zero-order valence-electron chi connectivity index (χ0n) is 43.5. The third-order valence-corrected chi connectivity index (χ3v) is 10.5. The molecule has 1 atom stereocenters. The average molecular weight is 947 g/mol. The van der Waals surface area contributed by atoms with E-state index in [0.717, 1.165) is 128 Å². The number of esters is 3. The molecular formula is C63H94O6. The van der Waals surface area contributed by atoms with Crippen LogP contribution in [0.2, 0.25) is 0 Å². The third-order valence-electron chi connectivity index (χ3n) is 10.5. The fraction of sp³-hybridized carbons (Fsp3) is 0.508. The van der Waals surface area contributed by atoms with Crippen molar-refractivity contribution in [2.24, 2.45) is 0 Å². The third kappa shape index (κ3) is 53.6. The highest BCUT2D eigenvalue weighted by Gasteiger charge is 2.19. The number of unbranched alkanes of at least 4 members (excludes halogenated alkanes) is 14. The molecule has 0 aromatic carbocycles. The molecule has 0 aromatic rings. The molecule has 0 aromatic heterocycles. The van der Waals surface area contributed by atoms with Crippen LogP contribution in [0.5, 0.6) is 0 Å². The Bertz CT molecular complexity index is 1650. The van der Waals surface area contributed by atoms with E-state index in [1.54, 1.807) is 0 Å². The predicted octanol–water partition coefficient (Wildman–Crippen LogP) is 18.0. The van der Waals surface area contributed by atoms with Crippen molar-refractivity contribution in [2.45, 2.75) is 194 Å². The predicted molar refractivity (Wildman–Crippen MR) is 297 cm³/mol. The van der Waals surface area contributed by atoms with E-state index < -0.39 is 6.10 Å². The van der Waals surface area contributed by atoms with Gasteiger partial charge >= 0.3 is 17.9 Å². The van der Waals surface area contributed by atoms with Gasteiger partial charge in [-0.05, 0) is 96.3 Å². The zero-order chi connectivity index (χ0) is 50.0. The van der Waals surface area contributed by atoms with E-state index in [2.05, 4.69) is 112 Å². The summed E-state index contributed by atoms with van der Waals surface area (Å²) in [5, 5.41) is 0. The van der Waals surface area contributed by atoms with Gasteiger partial charge in [0.25, 0.3) is 0 Å². The number of rotatable bonds is 45. The normalized spacial score (nSPS) is 13.5. The van der Waals surface area contributed by atoms with Gasteiger partial charge < -0.3 is 14.2 Å². The molecule has 0 aliphatic rings. The van der Waals surface area contributed by atoms with Crippen molar-refractivity contribution in [3.8, 4) is 0 Å². The summed E-state index contributed by atoms with van der Waals surface area (Å²) in [6.45, 7) is 6.15. The Labute approximate surface area is 422 Å². The van der Waals surface area contributed by atoms with E-state index >= 15 is 0 Å². The molecule has 6 nitrogen and oxygen atoms in total. The van der Waals surface area contributed by atoms with Gasteiger partial charge in [-0.15, -0.1) is 0 Å². The lowest BCUT2D eigenvalue weighted by Crippen LogP contribution is -2.30. The van der Waals surface area contributed by atoms with E-state index in [-0.39, 0.29) is 44.0 Å². The fourth-order valence-electron chi connectivity index (χ4n) is 6.53. The molecule has 0 fully saturated rings. The molecule has 382 valence electrons. The largest absolute Gasteiger partial charge is 0.462 e. The molecule has 6 heteroatoms. The van der Waals surface area contributed by atoms with Crippen molar-refractivity contribution in [2.75, 3.05) is 13.2 Å². The SMILES string of the molecule is CC\C=C/C=C\C=C/C=C\C=C\C=C/C=C\CCCCCC(=O)OCC(COC(=O)CCCCCCC\C=C/C=C\C=C/CC)OC(=O)CCCCCCCC/C=C\C/C=C\C/C=C\C/C=C\CC. The molecule has 1 unspecified atom stereocenters. The Morgan fingerprint density at radius 1 is 0.304 bits per heavy atom. The maximum absolute atomic E-state index is 12.8. The second-order valence-corrected chi connectivity index (χ2v) is 16.9. The number of allylic oxidation sites excluding steroid dienone is 28. The monoisotopic (exact) mass is 947 g/mol. The lowest BCUT2D eigenvalue weighted by molar-refractivity contribution is -0.167. The van der Waals surface area contributed by atoms with Gasteiger partial charge in [0.15, 0.2) is 6.10 Å². The summed E-state index contributed by atoms with van der Waals surface area (Å²) in [6.07, 6.45) is 81.9. The zero-order valence-corrected chi connectivity index (χ0v) is 43.5. The number of carbonyl (C=O) groups is 3. The topological polar surface area (TPSA) is 78.9 Å². The summed E-state index contributed by atoms with van der Waals surface area (Å²) in [7, 11) is 0. The van der Waals surface area contributed by atoms with Crippen LogP contribution >= 0.6 is 0 Å². The van der Waals surface area contributed by atoms with E-state index in [1.165, 1.54) is 12.8 Å². The van der Waals surface area contributed by atoms with Crippen molar-refractivity contribution in [1.82, 2.24) is 0 Å². The lowest BCUT2D eigenvalue weighted by atomic mass is 10.1. The summed E-state index contributed by atoms with van der Waals surface area (Å²) in [5.41, 5.74) is 0. The molecule has 0 aliphatic heterocycles. The van der Waals surface area contributed by atoms with Crippen LogP contribution in [-0.4, -0.2) is 37.2 Å². The minimum absolute atomic E-state index is 0.119. The van der Waals surface area contributed by atoms with Gasteiger partial charge in [0.1, 0.15) is 13.2 Å². The summed E-state index contributed by atoms with van der Waals surface area (Å²) in [6, 6.07) is 0. The van der Waals surface area contributed by atoms with Gasteiger partial charge in [0.05, 0.1) is 0 Å². The van der Waals surface area contributed by atoms with Crippen molar-refractivity contribution >= 4 is 17.9 Å².